The molecule has 98 valence electrons. The minimum absolute atomic E-state index is 0.0484. The average molecular weight is 272 g/mol. The predicted molar refractivity (Wildman–Crippen MR) is 61.3 cm³/mol. The van der Waals surface area contributed by atoms with Gasteiger partial charge in [-0.1, -0.05) is 0 Å². The van der Waals surface area contributed by atoms with E-state index in [2.05, 4.69) is 5.32 Å². The van der Waals surface area contributed by atoms with Gasteiger partial charge in [0.2, 0.25) is 11.8 Å². The number of carbonyl (C=O) groups is 3. The van der Waals surface area contributed by atoms with Crippen LogP contribution in [0.2, 0.25) is 0 Å². The second-order valence-corrected chi connectivity index (χ2v) is 5.84. The largest absolute Gasteiger partial charge is 0.477 e. The zero-order chi connectivity index (χ0) is 13.6. The molecule has 2 rings (SSSR count). The summed E-state index contributed by atoms with van der Waals surface area (Å²) in [6, 6.07) is 0. The lowest BCUT2D eigenvalue weighted by Crippen LogP contribution is -2.62. The van der Waals surface area contributed by atoms with E-state index in [-0.39, 0.29) is 23.6 Å². The number of hydrogen-bond acceptors (Lipinski definition) is 4. The molecule has 2 heterocycles. The summed E-state index contributed by atoms with van der Waals surface area (Å²) in [4.78, 5) is 34.7. The monoisotopic (exact) mass is 272 g/mol. The molecule has 0 radical (unpaired) electrons. The van der Waals surface area contributed by atoms with Crippen molar-refractivity contribution in [3.63, 3.8) is 0 Å². The molecule has 0 bridgehead atoms. The van der Waals surface area contributed by atoms with Crippen LogP contribution in [0.5, 0.6) is 0 Å². The Morgan fingerprint density at radius 2 is 2.11 bits per heavy atom. The molecular formula is C10H12N2O5S. The third-order valence-corrected chi connectivity index (χ3v) is 4.80. The van der Waals surface area contributed by atoms with Gasteiger partial charge in [0, 0.05) is 6.92 Å². The molecule has 0 aromatic carbocycles. The molecule has 2 aliphatic heterocycles. The number of amides is 2. The Morgan fingerprint density at radius 1 is 1.50 bits per heavy atom. The number of rotatable bonds is 2. The average Bonchev–Trinajstić information content (AvgIpc) is 2.25. The van der Waals surface area contributed by atoms with Gasteiger partial charge in [-0.25, -0.2) is 4.79 Å². The third kappa shape index (κ3) is 1.72. The van der Waals surface area contributed by atoms with Gasteiger partial charge in [-0.15, -0.1) is 0 Å². The summed E-state index contributed by atoms with van der Waals surface area (Å²) in [5.74, 6) is -2.00. The summed E-state index contributed by atoms with van der Waals surface area (Å²) in [5.41, 5.74) is 0.0648. The van der Waals surface area contributed by atoms with Gasteiger partial charge in [-0.05, 0) is 12.5 Å². The van der Waals surface area contributed by atoms with E-state index < -0.39 is 33.4 Å². The molecule has 2 aliphatic rings. The Labute approximate surface area is 105 Å². The molecule has 1 fully saturated rings. The molecule has 3 atom stereocenters. The molecule has 8 heteroatoms. The Bertz CT molecular complexity index is 512. The van der Waals surface area contributed by atoms with E-state index in [9.17, 15) is 18.6 Å². The first-order valence-corrected chi connectivity index (χ1v) is 6.54. The summed E-state index contributed by atoms with van der Waals surface area (Å²) in [5, 5.41) is 10.1. The van der Waals surface area contributed by atoms with E-state index in [1.165, 1.54) is 13.8 Å². The highest BCUT2D eigenvalue weighted by Gasteiger charge is 2.51. The lowest BCUT2D eigenvalue weighted by molar-refractivity contribution is -0.146. The topological polar surface area (TPSA) is 104 Å². The second kappa shape index (κ2) is 4.20. The van der Waals surface area contributed by atoms with Crippen LogP contribution >= 0.6 is 0 Å². The van der Waals surface area contributed by atoms with E-state index >= 15 is 0 Å². The number of carboxylic acid groups (broad SMARTS) is 1. The van der Waals surface area contributed by atoms with Crippen molar-refractivity contribution < 1.29 is 23.7 Å². The van der Waals surface area contributed by atoms with Crippen LogP contribution in [-0.2, 0) is 25.2 Å². The fourth-order valence-corrected chi connectivity index (χ4v) is 3.90. The van der Waals surface area contributed by atoms with E-state index in [0.717, 1.165) is 4.90 Å². The van der Waals surface area contributed by atoms with Crippen LogP contribution in [0, 0.1) is 0 Å². The van der Waals surface area contributed by atoms with E-state index in [1.807, 2.05) is 0 Å². The number of fused-ring (bicyclic) bond motifs is 1. The summed E-state index contributed by atoms with van der Waals surface area (Å²) < 4.78 is 12.1. The number of hydrogen-bond donors (Lipinski definition) is 2. The van der Waals surface area contributed by atoms with E-state index in [1.54, 1.807) is 0 Å². The van der Waals surface area contributed by atoms with Gasteiger partial charge in [-0.3, -0.25) is 18.7 Å². The quantitative estimate of drug-likeness (QED) is 0.636. The van der Waals surface area contributed by atoms with Crippen molar-refractivity contribution in [2.75, 3.05) is 0 Å². The maximum absolute atomic E-state index is 12.1. The number of nitrogens with zero attached hydrogens (tertiary/aromatic N) is 1. The molecule has 0 aliphatic carbocycles. The summed E-state index contributed by atoms with van der Waals surface area (Å²) in [6.45, 7) is 2.73. The molecule has 2 N–H and O–H groups in total. The molecule has 0 spiro atoms. The summed E-state index contributed by atoms with van der Waals surface area (Å²) in [6.07, 6.45) is 0.0484. The van der Waals surface area contributed by atoms with Gasteiger partial charge in [-0.2, -0.15) is 0 Å². The highest BCUT2D eigenvalue weighted by Crippen LogP contribution is 2.36. The van der Waals surface area contributed by atoms with Crippen molar-refractivity contribution >= 4 is 28.6 Å². The minimum Gasteiger partial charge on any atom is -0.477 e. The van der Waals surface area contributed by atoms with Crippen molar-refractivity contribution in [2.45, 2.75) is 31.0 Å². The van der Waals surface area contributed by atoms with E-state index in [4.69, 9.17) is 5.11 Å². The zero-order valence-corrected chi connectivity index (χ0v) is 10.6. The highest BCUT2D eigenvalue weighted by atomic mass is 32.2. The first-order chi connectivity index (χ1) is 8.34. The Balaban J connectivity index is 2.47. The second-order valence-electron chi connectivity index (χ2n) is 4.17. The fourth-order valence-electron chi connectivity index (χ4n) is 2.11. The van der Waals surface area contributed by atoms with Crippen LogP contribution in [-0.4, -0.2) is 42.7 Å². The van der Waals surface area contributed by atoms with Crippen molar-refractivity contribution in [1.82, 2.24) is 10.2 Å². The fraction of sp³-hybridized carbons (Fsp3) is 0.500. The van der Waals surface area contributed by atoms with Gasteiger partial charge < -0.3 is 10.4 Å². The smallest absolute Gasteiger partial charge is 0.352 e. The maximum atomic E-state index is 12.1. The first-order valence-electron chi connectivity index (χ1n) is 5.27. The molecule has 2 unspecified atom stereocenters. The third-order valence-electron chi connectivity index (χ3n) is 2.95. The molecule has 0 aromatic heterocycles. The predicted octanol–water partition coefficient (Wildman–Crippen LogP) is -0.872. The van der Waals surface area contributed by atoms with Crippen molar-refractivity contribution in [2.24, 2.45) is 0 Å². The first kappa shape index (κ1) is 12.7. The van der Waals surface area contributed by atoms with Crippen molar-refractivity contribution in [1.29, 1.82) is 0 Å². The van der Waals surface area contributed by atoms with Gasteiger partial charge in [0.1, 0.15) is 16.4 Å². The number of nitrogens with one attached hydrogen (secondary N) is 1. The minimum atomic E-state index is -1.52. The molecule has 0 aromatic rings. The van der Waals surface area contributed by atoms with Crippen LogP contribution in [0.4, 0.5) is 0 Å². The summed E-state index contributed by atoms with van der Waals surface area (Å²) >= 11 is 0. The van der Waals surface area contributed by atoms with Gasteiger partial charge >= 0.3 is 5.97 Å². The van der Waals surface area contributed by atoms with Crippen molar-refractivity contribution in [3.05, 3.63) is 11.3 Å². The lowest BCUT2D eigenvalue weighted by Gasteiger charge is -2.45. The van der Waals surface area contributed by atoms with Crippen LogP contribution in [0.3, 0.4) is 0 Å². The molecule has 18 heavy (non-hydrogen) atoms. The summed E-state index contributed by atoms with van der Waals surface area (Å²) in [7, 11) is -1.52. The van der Waals surface area contributed by atoms with Crippen LogP contribution < -0.4 is 5.32 Å². The SMILES string of the molecule is CC(=O)NC1C(C)=C(C(=O)O)N2C(=O)C[C@H]2S1=O. The Kier molecular flexibility index (Phi) is 2.97. The van der Waals surface area contributed by atoms with Crippen LogP contribution in [0.15, 0.2) is 11.3 Å². The zero-order valence-electron chi connectivity index (χ0n) is 9.80. The van der Waals surface area contributed by atoms with E-state index in [0.29, 0.717) is 0 Å². The molecule has 7 nitrogen and oxygen atoms in total. The van der Waals surface area contributed by atoms with Gasteiger partial charge in [0.05, 0.1) is 17.2 Å². The van der Waals surface area contributed by atoms with Crippen LogP contribution in [0.1, 0.15) is 20.3 Å². The Hall–Kier alpha value is -1.70. The molecule has 0 saturated carbocycles. The normalized spacial score (nSPS) is 30.7. The highest BCUT2D eigenvalue weighted by molar-refractivity contribution is 7.86. The number of aliphatic carboxylic acids is 1. The number of β-lactam (4-membered cyclic amide) rings is 1. The standard InChI is InChI=1S/C10H12N2O5S/c1-4-8(10(15)16)12-6(14)3-7(12)18(17)9(4)11-5(2)13/h7,9H,3H2,1-2H3,(H,11,13)(H,15,16)/t7-,9?,18?/m1/s1. The molecule has 2 amide bonds. The maximum Gasteiger partial charge on any atom is 0.352 e. The number of carbonyl (C=O) groups excluding carboxylic acids is 2. The van der Waals surface area contributed by atoms with Gasteiger partial charge in [0.15, 0.2) is 0 Å². The molecule has 1 saturated heterocycles. The van der Waals surface area contributed by atoms with Gasteiger partial charge in [0.25, 0.3) is 0 Å². The Morgan fingerprint density at radius 3 is 2.56 bits per heavy atom. The van der Waals surface area contributed by atoms with Crippen LogP contribution in [0.25, 0.3) is 0 Å². The number of carboxylic acids is 1. The van der Waals surface area contributed by atoms with Crippen molar-refractivity contribution in [3.8, 4) is 0 Å². The molecular weight excluding hydrogens is 260 g/mol. The lowest BCUT2D eigenvalue weighted by atomic mass is 10.1.